The van der Waals surface area contributed by atoms with Crippen molar-refractivity contribution in [3.05, 3.63) is 29.3 Å². The Hall–Kier alpha value is -0.915. The molecule has 1 aliphatic rings. The van der Waals surface area contributed by atoms with E-state index in [1.807, 2.05) is 12.1 Å². The molecule has 0 fully saturated rings. The van der Waals surface area contributed by atoms with E-state index in [9.17, 15) is 5.11 Å². The van der Waals surface area contributed by atoms with E-state index in [1.54, 1.807) is 0 Å². The van der Waals surface area contributed by atoms with Crippen molar-refractivity contribution in [1.82, 2.24) is 0 Å². The molecular formula is C21H35BO. The molecule has 0 saturated heterocycles. The number of benzene rings is 1. The lowest BCUT2D eigenvalue weighted by Crippen LogP contribution is -2.20. The smallest absolute Gasteiger partial charge is 0.115 e. The maximum absolute atomic E-state index is 9.69. The normalized spacial score (nSPS) is 24.7. The molecule has 0 spiro atoms. The Kier molecular flexibility index (Phi) is 6.22. The summed E-state index contributed by atoms with van der Waals surface area (Å²) in [5.74, 6) is 2.64. The minimum atomic E-state index is 0.418. The van der Waals surface area contributed by atoms with Gasteiger partial charge in [-0.1, -0.05) is 71.2 Å². The van der Waals surface area contributed by atoms with Crippen LogP contribution in [0.1, 0.15) is 83.3 Å². The highest BCUT2D eigenvalue weighted by Crippen LogP contribution is 2.41. The Balaban J connectivity index is 1.85. The van der Waals surface area contributed by atoms with E-state index < -0.39 is 0 Å². The zero-order chi connectivity index (χ0) is 17.0. The molecule has 4 atom stereocenters. The van der Waals surface area contributed by atoms with Gasteiger partial charge in [0, 0.05) is 0 Å². The molecule has 2 heteroatoms. The van der Waals surface area contributed by atoms with E-state index in [0.717, 1.165) is 11.8 Å². The van der Waals surface area contributed by atoms with Crippen LogP contribution in [-0.2, 0) is 6.42 Å². The number of rotatable bonds is 7. The summed E-state index contributed by atoms with van der Waals surface area (Å²) >= 11 is 0. The highest BCUT2D eigenvalue weighted by molar-refractivity contribution is 6.15. The molecule has 0 amide bonds. The first-order chi connectivity index (χ1) is 10.8. The number of hydrogen-bond acceptors (Lipinski definition) is 1. The highest BCUT2D eigenvalue weighted by Gasteiger charge is 2.27. The SMILES string of the molecule is BC(C)(CCC)C(C)CCCC1Cc2ccc(O)cc2C(C)C1. The van der Waals surface area contributed by atoms with Gasteiger partial charge in [0.05, 0.1) is 0 Å². The van der Waals surface area contributed by atoms with Crippen LogP contribution in [0.15, 0.2) is 18.2 Å². The van der Waals surface area contributed by atoms with Gasteiger partial charge in [-0.25, -0.2) is 0 Å². The summed E-state index contributed by atoms with van der Waals surface area (Å²) in [4.78, 5) is 0. The second-order valence-corrected chi connectivity index (χ2v) is 8.66. The summed E-state index contributed by atoms with van der Waals surface area (Å²) in [5.41, 5.74) is 2.84. The Morgan fingerprint density at radius 1 is 1.39 bits per heavy atom. The van der Waals surface area contributed by atoms with Gasteiger partial charge in [0.2, 0.25) is 0 Å². The second-order valence-electron chi connectivity index (χ2n) is 8.66. The molecule has 0 radical (unpaired) electrons. The van der Waals surface area contributed by atoms with Gasteiger partial charge in [-0.3, -0.25) is 0 Å². The van der Waals surface area contributed by atoms with Gasteiger partial charge in [0.25, 0.3) is 0 Å². The van der Waals surface area contributed by atoms with Crippen LogP contribution in [0.2, 0.25) is 5.31 Å². The van der Waals surface area contributed by atoms with Gasteiger partial charge in [0.1, 0.15) is 13.6 Å². The van der Waals surface area contributed by atoms with Crippen LogP contribution in [0.25, 0.3) is 0 Å². The van der Waals surface area contributed by atoms with E-state index in [0.29, 0.717) is 17.0 Å². The summed E-state index contributed by atoms with van der Waals surface area (Å²) in [6.07, 6.45) is 9.19. The van der Waals surface area contributed by atoms with Crippen LogP contribution in [0.3, 0.4) is 0 Å². The molecule has 23 heavy (non-hydrogen) atoms. The molecule has 1 aliphatic carbocycles. The quantitative estimate of drug-likeness (QED) is 0.661. The summed E-state index contributed by atoms with van der Waals surface area (Å²) in [6.45, 7) is 9.49. The highest BCUT2D eigenvalue weighted by atomic mass is 16.3. The van der Waals surface area contributed by atoms with E-state index in [-0.39, 0.29) is 0 Å². The van der Waals surface area contributed by atoms with Gasteiger partial charge < -0.3 is 5.11 Å². The third-order valence-corrected chi connectivity index (χ3v) is 6.33. The lowest BCUT2D eigenvalue weighted by molar-refractivity contribution is 0.320. The van der Waals surface area contributed by atoms with Gasteiger partial charge >= 0.3 is 0 Å². The minimum absolute atomic E-state index is 0.418. The van der Waals surface area contributed by atoms with Crippen molar-refractivity contribution in [1.29, 1.82) is 0 Å². The predicted molar refractivity (Wildman–Crippen MR) is 103 cm³/mol. The van der Waals surface area contributed by atoms with E-state index >= 15 is 0 Å². The molecule has 1 nitrogen and oxygen atoms in total. The molecule has 0 saturated carbocycles. The largest absolute Gasteiger partial charge is 0.508 e. The minimum Gasteiger partial charge on any atom is -0.508 e. The maximum atomic E-state index is 9.69. The van der Waals surface area contributed by atoms with Crippen molar-refractivity contribution in [3.8, 4) is 5.75 Å². The van der Waals surface area contributed by atoms with E-state index in [4.69, 9.17) is 0 Å². The van der Waals surface area contributed by atoms with E-state index in [2.05, 4.69) is 41.6 Å². The zero-order valence-corrected chi connectivity index (χ0v) is 15.9. The first kappa shape index (κ1) is 18.4. The van der Waals surface area contributed by atoms with Crippen molar-refractivity contribution >= 4 is 7.85 Å². The molecule has 0 bridgehead atoms. The molecule has 1 aromatic rings. The number of fused-ring (bicyclic) bond motifs is 1. The maximum Gasteiger partial charge on any atom is 0.115 e. The van der Waals surface area contributed by atoms with Crippen LogP contribution in [-0.4, -0.2) is 13.0 Å². The monoisotopic (exact) mass is 314 g/mol. The fourth-order valence-electron chi connectivity index (χ4n) is 4.46. The molecule has 2 rings (SSSR count). The fourth-order valence-corrected chi connectivity index (χ4v) is 4.46. The van der Waals surface area contributed by atoms with Crippen LogP contribution >= 0.6 is 0 Å². The van der Waals surface area contributed by atoms with Crippen molar-refractivity contribution in [2.75, 3.05) is 0 Å². The molecule has 0 aliphatic heterocycles. The standard InChI is InChI=1S/C21H35BO/c1-5-11-21(4,22)16(3)7-6-8-17-12-15(2)20-14-19(23)10-9-18(20)13-17/h9-10,14-17,23H,5-8,11-13,22H2,1-4H3. The third kappa shape index (κ3) is 4.78. The van der Waals surface area contributed by atoms with Gasteiger partial charge in [-0.15, -0.1) is 0 Å². The van der Waals surface area contributed by atoms with Gasteiger partial charge in [0.15, 0.2) is 0 Å². The summed E-state index contributed by atoms with van der Waals surface area (Å²) < 4.78 is 0. The topological polar surface area (TPSA) is 20.2 Å². The first-order valence-corrected chi connectivity index (χ1v) is 9.65. The molecule has 1 aromatic carbocycles. The lowest BCUT2D eigenvalue weighted by atomic mass is 9.59. The van der Waals surface area contributed by atoms with Crippen molar-refractivity contribution in [3.63, 3.8) is 0 Å². The van der Waals surface area contributed by atoms with Crippen molar-refractivity contribution in [2.45, 2.75) is 83.9 Å². The van der Waals surface area contributed by atoms with Crippen LogP contribution in [0.5, 0.6) is 5.75 Å². The van der Waals surface area contributed by atoms with E-state index in [1.165, 1.54) is 56.1 Å². The molecule has 128 valence electrons. The first-order valence-electron chi connectivity index (χ1n) is 9.65. The molecular weight excluding hydrogens is 279 g/mol. The second kappa shape index (κ2) is 7.77. The number of phenols is 1. The Morgan fingerprint density at radius 2 is 2.13 bits per heavy atom. The Bertz CT molecular complexity index is 509. The predicted octanol–water partition coefficient (Wildman–Crippen LogP) is 5.48. The van der Waals surface area contributed by atoms with Crippen molar-refractivity contribution in [2.24, 2.45) is 11.8 Å². The lowest BCUT2D eigenvalue weighted by Gasteiger charge is -2.33. The summed E-state index contributed by atoms with van der Waals surface area (Å²) in [6, 6.07) is 5.97. The fraction of sp³-hybridized carbons (Fsp3) is 0.714. The Labute approximate surface area is 144 Å². The van der Waals surface area contributed by atoms with Crippen LogP contribution < -0.4 is 0 Å². The average molecular weight is 314 g/mol. The van der Waals surface area contributed by atoms with Crippen LogP contribution in [0.4, 0.5) is 0 Å². The summed E-state index contributed by atoms with van der Waals surface area (Å²) in [5, 5.41) is 10.2. The number of aromatic hydroxyl groups is 1. The molecule has 0 heterocycles. The zero-order valence-electron chi connectivity index (χ0n) is 15.9. The number of hydrogen-bond donors (Lipinski definition) is 1. The van der Waals surface area contributed by atoms with Crippen LogP contribution in [0, 0.1) is 11.8 Å². The van der Waals surface area contributed by atoms with Gasteiger partial charge in [-0.05, 0) is 53.9 Å². The number of phenolic OH excluding ortho intramolecular Hbond substituents is 1. The molecule has 0 aromatic heterocycles. The summed E-state index contributed by atoms with van der Waals surface area (Å²) in [7, 11) is 2.44. The van der Waals surface area contributed by atoms with Gasteiger partial charge in [-0.2, -0.15) is 0 Å². The average Bonchev–Trinajstić information content (AvgIpc) is 2.48. The molecule has 1 N–H and O–H groups in total. The Morgan fingerprint density at radius 3 is 2.83 bits per heavy atom. The van der Waals surface area contributed by atoms with Crippen molar-refractivity contribution < 1.29 is 5.11 Å². The third-order valence-electron chi connectivity index (χ3n) is 6.33. The molecule has 4 unspecified atom stereocenters.